The van der Waals surface area contributed by atoms with E-state index in [9.17, 15) is 4.79 Å². The van der Waals surface area contributed by atoms with Crippen LogP contribution in [0.2, 0.25) is 0 Å². The molecule has 3 aromatic rings. The molecule has 0 saturated heterocycles. The summed E-state index contributed by atoms with van der Waals surface area (Å²) in [4.78, 5) is 12.8. The highest BCUT2D eigenvalue weighted by Crippen LogP contribution is 2.23. The fraction of sp³-hybridized carbons (Fsp3) is 0.278. The molecule has 0 amide bonds. The number of hydrogen-bond acceptors (Lipinski definition) is 3. The van der Waals surface area contributed by atoms with E-state index in [1.165, 1.54) is 0 Å². The summed E-state index contributed by atoms with van der Waals surface area (Å²) in [6.45, 7) is 3.80. The Balaban J connectivity index is 2.35. The van der Waals surface area contributed by atoms with Crippen molar-refractivity contribution < 1.29 is 9.47 Å². The smallest absolute Gasteiger partial charge is 0.197 e. The number of methoxy groups -OCH3 is 1. The predicted molar refractivity (Wildman–Crippen MR) is 88.8 cm³/mol. The molecule has 1 aromatic heterocycles. The van der Waals surface area contributed by atoms with Crippen molar-refractivity contribution in [2.75, 3.05) is 20.3 Å². The fourth-order valence-electron chi connectivity index (χ4n) is 2.79. The number of nitrogens with zero attached hydrogens (tertiary/aromatic N) is 1. The maximum Gasteiger partial charge on any atom is 0.197 e. The molecule has 4 heteroatoms. The van der Waals surface area contributed by atoms with Crippen molar-refractivity contribution in [1.82, 2.24) is 4.57 Å². The minimum Gasteiger partial charge on any atom is -0.494 e. The molecule has 0 aliphatic carbocycles. The molecule has 0 bridgehead atoms. The van der Waals surface area contributed by atoms with Crippen LogP contribution in [0.15, 0.2) is 47.3 Å². The molecule has 0 spiro atoms. The first kappa shape index (κ1) is 14.6. The predicted octanol–water partition coefficient (Wildman–Crippen LogP) is 3.20. The summed E-state index contributed by atoms with van der Waals surface area (Å²) in [7, 11) is 1.68. The molecule has 0 radical (unpaired) electrons. The van der Waals surface area contributed by atoms with Gasteiger partial charge in [-0.3, -0.25) is 4.79 Å². The van der Waals surface area contributed by atoms with E-state index in [1.807, 2.05) is 49.4 Å². The molecule has 0 N–H and O–H groups in total. The van der Waals surface area contributed by atoms with E-state index in [0.29, 0.717) is 25.1 Å². The highest BCUT2D eigenvalue weighted by molar-refractivity contribution is 5.94. The Labute approximate surface area is 128 Å². The van der Waals surface area contributed by atoms with E-state index in [4.69, 9.17) is 9.47 Å². The van der Waals surface area contributed by atoms with E-state index < -0.39 is 0 Å². The number of ether oxygens (including phenoxy) is 2. The summed E-state index contributed by atoms with van der Waals surface area (Å²) in [6.07, 6.45) is 0. The van der Waals surface area contributed by atoms with Crippen LogP contribution in [0.25, 0.3) is 21.8 Å². The lowest BCUT2D eigenvalue weighted by molar-refractivity contribution is 0.189. The Morgan fingerprint density at radius 2 is 1.82 bits per heavy atom. The average molecular weight is 297 g/mol. The second kappa shape index (κ2) is 6.20. The summed E-state index contributed by atoms with van der Waals surface area (Å²) in [5.74, 6) is 0.723. The van der Waals surface area contributed by atoms with Gasteiger partial charge in [-0.05, 0) is 37.3 Å². The van der Waals surface area contributed by atoms with E-state index >= 15 is 0 Å². The Kier molecular flexibility index (Phi) is 4.11. The van der Waals surface area contributed by atoms with Gasteiger partial charge in [0.2, 0.25) is 0 Å². The van der Waals surface area contributed by atoms with Crippen molar-refractivity contribution in [3.8, 4) is 5.75 Å². The molecule has 0 aliphatic rings. The van der Waals surface area contributed by atoms with Crippen LogP contribution in [0.5, 0.6) is 5.75 Å². The fourth-order valence-corrected chi connectivity index (χ4v) is 2.79. The maximum atomic E-state index is 12.8. The molecule has 0 unspecified atom stereocenters. The first-order valence-electron chi connectivity index (χ1n) is 7.43. The molecule has 0 fully saturated rings. The second-order valence-corrected chi connectivity index (χ2v) is 5.10. The molecule has 4 nitrogen and oxygen atoms in total. The van der Waals surface area contributed by atoms with Gasteiger partial charge in [-0.2, -0.15) is 0 Å². The van der Waals surface area contributed by atoms with Crippen LogP contribution in [-0.2, 0) is 11.3 Å². The zero-order chi connectivity index (χ0) is 15.5. The van der Waals surface area contributed by atoms with Gasteiger partial charge in [-0.15, -0.1) is 0 Å². The SMILES string of the molecule is CCOc1ccc2c(c1)c(=O)c1ccccc1n2CCOC. The van der Waals surface area contributed by atoms with Gasteiger partial charge in [0.25, 0.3) is 0 Å². The van der Waals surface area contributed by atoms with Crippen molar-refractivity contribution >= 4 is 21.8 Å². The lowest BCUT2D eigenvalue weighted by Crippen LogP contribution is -2.14. The molecule has 114 valence electrons. The molecule has 0 saturated carbocycles. The number of benzene rings is 2. The minimum atomic E-state index is 0.0424. The quantitative estimate of drug-likeness (QED) is 0.679. The number of rotatable bonds is 5. The molecule has 22 heavy (non-hydrogen) atoms. The maximum absolute atomic E-state index is 12.8. The van der Waals surface area contributed by atoms with Gasteiger partial charge >= 0.3 is 0 Å². The third-order valence-electron chi connectivity index (χ3n) is 3.77. The van der Waals surface area contributed by atoms with Gasteiger partial charge in [0.15, 0.2) is 5.43 Å². The Morgan fingerprint density at radius 3 is 2.59 bits per heavy atom. The Hall–Kier alpha value is -2.33. The zero-order valence-electron chi connectivity index (χ0n) is 12.8. The lowest BCUT2D eigenvalue weighted by Gasteiger charge is -2.15. The van der Waals surface area contributed by atoms with Crippen molar-refractivity contribution in [2.45, 2.75) is 13.5 Å². The Bertz CT molecular complexity index is 867. The summed E-state index contributed by atoms with van der Waals surface area (Å²) >= 11 is 0. The molecular formula is C18H19NO3. The topological polar surface area (TPSA) is 40.5 Å². The van der Waals surface area contributed by atoms with E-state index in [2.05, 4.69) is 4.57 Å². The van der Waals surface area contributed by atoms with Gasteiger partial charge in [0.1, 0.15) is 5.75 Å². The van der Waals surface area contributed by atoms with E-state index in [-0.39, 0.29) is 5.43 Å². The largest absolute Gasteiger partial charge is 0.494 e. The highest BCUT2D eigenvalue weighted by Gasteiger charge is 2.11. The van der Waals surface area contributed by atoms with E-state index in [1.54, 1.807) is 7.11 Å². The van der Waals surface area contributed by atoms with Gasteiger partial charge in [-0.25, -0.2) is 0 Å². The number of fused-ring (bicyclic) bond motifs is 2. The standard InChI is InChI=1S/C18H19NO3/c1-3-22-13-8-9-17-15(12-13)18(20)14-6-4-5-7-16(14)19(17)10-11-21-2/h4-9,12H,3,10-11H2,1-2H3. The van der Waals surface area contributed by atoms with Crippen molar-refractivity contribution in [3.63, 3.8) is 0 Å². The number of hydrogen-bond donors (Lipinski definition) is 0. The first-order chi connectivity index (χ1) is 10.8. The summed E-state index contributed by atoms with van der Waals surface area (Å²) in [5.41, 5.74) is 1.88. The lowest BCUT2D eigenvalue weighted by atomic mass is 10.1. The summed E-state index contributed by atoms with van der Waals surface area (Å²) in [5, 5.41) is 1.40. The second-order valence-electron chi connectivity index (χ2n) is 5.10. The average Bonchev–Trinajstić information content (AvgIpc) is 2.55. The van der Waals surface area contributed by atoms with Crippen LogP contribution in [0, 0.1) is 0 Å². The van der Waals surface area contributed by atoms with Gasteiger partial charge in [0.05, 0.1) is 24.2 Å². The van der Waals surface area contributed by atoms with Crippen LogP contribution >= 0.6 is 0 Å². The van der Waals surface area contributed by atoms with Crippen molar-refractivity contribution in [3.05, 3.63) is 52.7 Å². The van der Waals surface area contributed by atoms with Crippen LogP contribution in [-0.4, -0.2) is 24.9 Å². The summed E-state index contributed by atoms with van der Waals surface area (Å²) < 4.78 is 12.9. The monoisotopic (exact) mass is 297 g/mol. The van der Waals surface area contributed by atoms with Crippen LogP contribution < -0.4 is 10.2 Å². The summed E-state index contributed by atoms with van der Waals surface area (Å²) in [6, 6.07) is 13.4. The van der Waals surface area contributed by atoms with Crippen LogP contribution in [0.1, 0.15) is 6.92 Å². The normalized spacial score (nSPS) is 11.2. The first-order valence-corrected chi connectivity index (χ1v) is 7.43. The molecule has 0 atom stereocenters. The third kappa shape index (κ3) is 2.46. The van der Waals surface area contributed by atoms with Gasteiger partial charge in [0, 0.05) is 24.4 Å². The van der Waals surface area contributed by atoms with Crippen LogP contribution in [0.4, 0.5) is 0 Å². The van der Waals surface area contributed by atoms with Crippen molar-refractivity contribution in [1.29, 1.82) is 0 Å². The molecule has 1 heterocycles. The van der Waals surface area contributed by atoms with Crippen LogP contribution in [0.3, 0.4) is 0 Å². The zero-order valence-corrected chi connectivity index (χ0v) is 12.8. The molecular weight excluding hydrogens is 278 g/mol. The number of para-hydroxylation sites is 1. The molecule has 0 aliphatic heterocycles. The minimum absolute atomic E-state index is 0.0424. The molecule has 3 rings (SSSR count). The Morgan fingerprint density at radius 1 is 1.05 bits per heavy atom. The van der Waals surface area contributed by atoms with Gasteiger partial charge < -0.3 is 14.0 Å². The van der Waals surface area contributed by atoms with Crippen molar-refractivity contribution in [2.24, 2.45) is 0 Å². The van der Waals surface area contributed by atoms with E-state index in [0.717, 1.165) is 22.2 Å². The van der Waals surface area contributed by atoms with Gasteiger partial charge in [-0.1, -0.05) is 12.1 Å². The number of aromatic nitrogens is 1. The third-order valence-corrected chi connectivity index (χ3v) is 3.77. The highest BCUT2D eigenvalue weighted by atomic mass is 16.5. The number of pyridine rings is 1. The molecule has 2 aromatic carbocycles.